The largest absolute Gasteiger partial charge is 0.0622 e. The second-order valence-corrected chi connectivity index (χ2v) is 19.5. The monoisotopic (exact) mass is 936 g/mol. The summed E-state index contributed by atoms with van der Waals surface area (Å²) in [5.74, 6) is 0. The Morgan fingerprint density at radius 1 is 0.135 bits per heavy atom. The molecule has 0 unspecified atom stereocenters. The third-order valence-electron chi connectivity index (χ3n) is 15.2. The molecule has 344 valence electrons. The standard InChI is InChI=1S/C74H48/c1-2-23-52(24-3-1)73-65-37-10-12-39-67(65)74(68-40-13-11-38-66(68)73)72-48-70(57-32-15-29-54(45-57)63-42-18-26-50-21-5-8-35-60(50)63)69(56-31-14-28-53(44-56)62-41-17-25-49-20-4-7-34-59(49)62)47-71(72)58-33-16-30-55(46-58)64-43-19-27-51-22-6-9-36-61(51)64/h1-48H. The first-order valence-corrected chi connectivity index (χ1v) is 25.6. The molecule has 0 radical (unpaired) electrons. The molecule has 0 aliphatic heterocycles. The van der Waals surface area contributed by atoms with Crippen LogP contribution in [0.2, 0.25) is 0 Å². The van der Waals surface area contributed by atoms with Gasteiger partial charge in [-0.05, 0) is 173 Å². The van der Waals surface area contributed by atoms with Gasteiger partial charge in [0.15, 0.2) is 0 Å². The van der Waals surface area contributed by atoms with E-state index < -0.39 is 0 Å². The summed E-state index contributed by atoms with van der Waals surface area (Å²) in [6.07, 6.45) is 0. The zero-order chi connectivity index (χ0) is 49.0. The van der Waals surface area contributed by atoms with Crippen molar-refractivity contribution in [3.8, 4) is 89.0 Å². The molecule has 0 saturated carbocycles. The molecular formula is C74H48. The van der Waals surface area contributed by atoms with E-state index in [0.717, 1.165) is 16.7 Å². The molecule has 14 aromatic carbocycles. The van der Waals surface area contributed by atoms with E-state index >= 15 is 0 Å². The van der Waals surface area contributed by atoms with Crippen LogP contribution in [0, 0.1) is 0 Å². The summed E-state index contributed by atoms with van der Waals surface area (Å²) in [6, 6.07) is 108. The fourth-order valence-electron chi connectivity index (χ4n) is 11.9. The third-order valence-corrected chi connectivity index (χ3v) is 15.2. The van der Waals surface area contributed by atoms with Crippen LogP contribution in [-0.2, 0) is 0 Å². The van der Waals surface area contributed by atoms with Crippen molar-refractivity contribution in [1.82, 2.24) is 0 Å². The molecule has 0 spiro atoms. The smallest absolute Gasteiger partial charge is 0.00199 e. The summed E-state index contributed by atoms with van der Waals surface area (Å²) in [4.78, 5) is 0. The lowest BCUT2D eigenvalue weighted by molar-refractivity contribution is 1.55. The predicted molar refractivity (Wildman–Crippen MR) is 317 cm³/mol. The highest BCUT2D eigenvalue weighted by molar-refractivity contribution is 6.23. The van der Waals surface area contributed by atoms with Crippen LogP contribution in [-0.4, -0.2) is 0 Å². The minimum atomic E-state index is 1.16. The van der Waals surface area contributed by atoms with Crippen LogP contribution in [0.4, 0.5) is 0 Å². The molecule has 0 aliphatic carbocycles. The fourth-order valence-corrected chi connectivity index (χ4v) is 11.9. The summed E-state index contributed by atoms with van der Waals surface area (Å²) in [5, 5.41) is 12.3. The highest BCUT2D eigenvalue weighted by Gasteiger charge is 2.23. The topological polar surface area (TPSA) is 0 Å². The van der Waals surface area contributed by atoms with Crippen molar-refractivity contribution in [1.29, 1.82) is 0 Å². The van der Waals surface area contributed by atoms with E-state index in [-0.39, 0.29) is 0 Å². The summed E-state index contributed by atoms with van der Waals surface area (Å²) < 4.78 is 0. The maximum absolute atomic E-state index is 2.53. The van der Waals surface area contributed by atoms with Crippen LogP contribution in [0.1, 0.15) is 0 Å². The predicted octanol–water partition coefficient (Wildman–Crippen LogP) is 20.8. The molecule has 0 bridgehead atoms. The molecule has 0 aromatic heterocycles. The van der Waals surface area contributed by atoms with Gasteiger partial charge in [-0.2, -0.15) is 0 Å². The van der Waals surface area contributed by atoms with Crippen LogP contribution < -0.4 is 0 Å². The van der Waals surface area contributed by atoms with Crippen LogP contribution in [0.3, 0.4) is 0 Å². The summed E-state index contributed by atoms with van der Waals surface area (Å²) in [7, 11) is 0. The number of hydrogen-bond donors (Lipinski definition) is 0. The van der Waals surface area contributed by atoms with Gasteiger partial charge >= 0.3 is 0 Å². The molecule has 0 fully saturated rings. The Hall–Kier alpha value is -9.62. The zero-order valence-corrected chi connectivity index (χ0v) is 40.7. The molecule has 0 atom stereocenters. The van der Waals surface area contributed by atoms with Crippen molar-refractivity contribution >= 4 is 53.9 Å². The van der Waals surface area contributed by atoms with E-state index in [9.17, 15) is 0 Å². The van der Waals surface area contributed by atoms with Gasteiger partial charge in [-0.15, -0.1) is 0 Å². The highest BCUT2D eigenvalue weighted by atomic mass is 14.3. The zero-order valence-electron chi connectivity index (χ0n) is 40.7. The lowest BCUT2D eigenvalue weighted by atomic mass is 9.80. The summed E-state index contributed by atoms with van der Waals surface area (Å²) >= 11 is 0. The maximum Gasteiger partial charge on any atom is -0.00199 e. The van der Waals surface area contributed by atoms with Crippen molar-refractivity contribution in [3.63, 3.8) is 0 Å². The first kappa shape index (κ1) is 43.2. The van der Waals surface area contributed by atoms with Gasteiger partial charge in [-0.25, -0.2) is 0 Å². The summed E-state index contributed by atoms with van der Waals surface area (Å²) in [5.41, 5.74) is 19.1. The van der Waals surface area contributed by atoms with Gasteiger partial charge in [0, 0.05) is 0 Å². The molecule has 14 aromatic rings. The molecule has 74 heavy (non-hydrogen) atoms. The average Bonchev–Trinajstić information content (AvgIpc) is 3.48. The Kier molecular flexibility index (Phi) is 10.6. The first-order chi connectivity index (χ1) is 36.7. The van der Waals surface area contributed by atoms with Crippen LogP contribution >= 0.6 is 0 Å². The Labute approximate surface area is 431 Å². The molecule has 14 rings (SSSR count). The van der Waals surface area contributed by atoms with Crippen molar-refractivity contribution < 1.29 is 0 Å². The van der Waals surface area contributed by atoms with E-state index in [1.54, 1.807) is 0 Å². The van der Waals surface area contributed by atoms with Gasteiger partial charge in [0.25, 0.3) is 0 Å². The lowest BCUT2D eigenvalue weighted by Crippen LogP contribution is -1.96. The molecule has 0 N–H and O–H groups in total. The van der Waals surface area contributed by atoms with Crippen molar-refractivity contribution in [2.24, 2.45) is 0 Å². The summed E-state index contributed by atoms with van der Waals surface area (Å²) in [6.45, 7) is 0. The maximum atomic E-state index is 2.53. The normalized spacial score (nSPS) is 11.5. The molecule has 0 heteroatoms. The number of hydrogen-bond acceptors (Lipinski definition) is 0. The molecule has 0 aliphatic rings. The number of fused-ring (bicyclic) bond motifs is 5. The third kappa shape index (κ3) is 7.47. The van der Waals surface area contributed by atoms with Gasteiger partial charge in [-0.3, -0.25) is 0 Å². The van der Waals surface area contributed by atoms with Crippen molar-refractivity contribution in [3.05, 3.63) is 291 Å². The Morgan fingerprint density at radius 2 is 0.392 bits per heavy atom. The van der Waals surface area contributed by atoms with Gasteiger partial charge < -0.3 is 0 Å². The molecule has 0 heterocycles. The first-order valence-electron chi connectivity index (χ1n) is 25.6. The van der Waals surface area contributed by atoms with Crippen molar-refractivity contribution in [2.75, 3.05) is 0 Å². The fraction of sp³-hybridized carbons (Fsp3) is 0. The highest BCUT2D eigenvalue weighted by Crippen LogP contribution is 2.50. The Balaban J connectivity index is 1.10. The minimum absolute atomic E-state index is 1.16. The average molecular weight is 937 g/mol. The minimum Gasteiger partial charge on any atom is -0.0622 e. The van der Waals surface area contributed by atoms with Crippen molar-refractivity contribution in [2.45, 2.75) is 0 Å². The molecule has 0 nitrogen and oxygen atoms in total. The number of rotatable bonds is 8. The molecule has 0 amide bonds. The second kappa shape index (κ2) is 18.2. The van der Waals surface area contributed by atoms with E-state index in [0.29, 0.717) is 0 Å². The van der Waals surface area contributed by atoms with Gasteiger partial charge in [0.2, 0.25) is 0 Å². The van der Waals surface area contributed by atoms with Crippen LogP contribution in [0.15, 0.2) is 291 Å². The quantitative estimate of drug-likeness (QED) is 0.133. The van der Waals surface area contributed by atoms with E-state index in [1.807, 2.05) is 0 Å². The lowest BCUT2D eigenvalue weighted by Gasteiger charge is -2.23. The molecule has 0 saturated heterocycles. The van der Waals surface area contributed by atoms with Crippen LogP contribution in [0.5, 0.6) is 0 Å². The van der Waals surface area contributed by atoms with Gasteiger partial charge in [0.1, 0.15) is 0 Å². The number of benzene rings is 14. The molecular weight excluding hydrogens is 889 g/mol. The van der Waals surface area contributed by atoms with E-state index in [4.69, 9.17) is 0 Å². The SMILES string of the molecule is c1ccc(-c2c3ccccc3c(-c3cc(-c4cccc(-c5cccc6ccccc56)c4)c(-c4cccc(-c5cccc6ccccc56)c4)cc3-c3cccc(-c4cccc5ccccc45)c3)c3ccccc23)cc1. The Bertz CT molecular complexity index is 4410. The Morgan fingerprint density at radius 3 is 0.784 bits per heavy atom. The van der Waals surface area contributed by atoms with Crippen LogP contribution in [0.25, 0.3) is 143 Å². The van der Waals surface area contributed by atoms with E-state index in [2.05, 4.69) is 291 Å². The second-order valence-electron chi connectivity index (χ2n) is 19.5. The van der Waals surface area contributed by atoms with E-state index in [1.165, 1.54) is 126 Å². The van der Waals surface area contributed by atoms with Gasteiger partial charge in [-0.1, -0.05) is 261 Å². The van der Waals surface area contributed by atoms with Gasteiger partial charge in [0.05, 0.1) is 0 Å².